The third kappa shape index (κ3) is 6.93. The molecule has 0 spiro atoms. The molecule has 0 fully saturated rings. The minimum Gasteiger partial charge on any atom is -0.388 e. The van der Waals surface area contributed by atoms with Gasteiger partial charge in [-0.05, 0) is 31.9 Å². The average molecular weight is 352 g/mol. The first-order chi connectivity index (χ1) is 9.85. The van der Waals surface area contributed by atoms with Crippen LogP contribution in [-0.2, 0) is 10.0 Å². The Morgan fingerprint density at radius 1 is 1.48 bits per heavy atom. The van der Waals surface area contributed by atoms with E-state index < -0.39 is 16.1 Å². The number of sulfonamides is 1. The van der Waals surface area contributed by atoms with Gasteiger partial charge in [0, 0.05) is 6.54 Å². The van der Waals surface area contributed by atoms with Gasteiger partial charge in [0.05, 0.1) is 10.4 Å². The second-order valence-corrected chi connectivity index (χ2v) is 8.66. The molecule has 0 amide bonds. The minimum atomic E-state index is -3.60. The van der Waals surface area contributed by atoms with Gasteiger partial charge in [0.15, 0.2) is 0 Å². The second kappa shape index (κ2) is 8.90. The maximum atomic E-state index is 12.0. The average Bonchev–Trinajstić information content (AvgIpc) is 2.84. The molecule has 1 heterocycles. The Morgan fingerprint density at radius 3 is 2.76 bits per heavy atom. The number of halogens is 1. The molecule has 0 aliphatic rings. The molecule has 0 aliphatic heterocycles. The van der Waals surface area contributed by atoms with E-state index in [9.17, 15) is 13.5 Å². The van der Waals surface area contributed by atoms with Crippen molar-refractivity contribution in [2.45, 2.75) is 49.8 Å². The monoisotopic (exact) mass is 351 g/mol. The van der Waals surface area contributed by atoms with Gasteiger partial charge in [-0.2, -0.15) is 0 Å². The highest BCUT2D eigenvalue weighted by molar-refractivity contribution is 7.91. The summed E-state index contributed by atoms with van der Waals surface area (Å²) < 4.78 is 26.9. The number of unbranched alkanes of at least 4 members (excludes halogenated alkanes) is 2. The molecule has 4 nitrogen and oxygen atoms in total. The number of thiophene rings is 1. The molecule has 0 aliphatic carbocycles. The van der Waals surface area contributed by atoms with E-state index in [1.54, 1.807) is 6.08 Å². The molecule has 1 aromatic heterocycles. The van der Waals surface area contributed by atoms with Crippen LogP contribution in [0.1, 0.15) is 39.5 Å². The third-order valence-electron chi connectivity index (χ3n) is 2.95. The quantitative estimate of drug-likeness (QED) is 0.528. The van der Waals surface area contributed by atoms with Crippen LogP contribution in [0.5, 0.6) is 0 Å². The molecule has 1 atom stereocenters. The molecular formula is C14H22ClNO3S2. The van der Waals surface area contributed by atoms with Crippen LogP contribution < -0.4 is 4.72 Å². The van der Waals surface area contributed by atoms with Crippen molar-refractivity contribution in [3.63, 3.8) is 0 Å². The Balaban J connectivity index is 2.48. The first kappa shape index (κ1) is 18.6. The number of hydrogen-bond donors (Lipinski definition) is 2. The van der Waals surface area contributed by atoms with Crippen LogP contribution in [0, 0.1) is 0 Å². The van der Waals surface area contributed by atoms with Gasteiger partial charge in [-0.25, -0.2) is 13.1 Å². The van der Waals surface area contributed by atoms with E-state index in [1.165, 1.54) is 12.1 Å². The molecule has 0 radical (unpaired) electrons. The van der Waals surface area contributed by atoms with Gasteiger partial charge in [-0.1, -0.05) is 43.0 Å². The van der Waals surface area contributed by atoms with Crippen LogP contribution in [0.2, 0.25) is 4.34 Å². The van der Waals surface area contributed by atoms with Gasteiger partial charge in [0.1, 0.15) is 4.21 Å². The minimum absolute atomic E-state index is 0.0387. The lowest BCUT2D eigenvalue weighted by Gasteiger charge is -2.09. The molecule has 1 rings (SSSR count). The first-order valence-electron chi connectivity index (χ1n) is 6.95. The topological polar surface area (TPSA) is 66.4 Å². The number of nitrogens with one attached hydrogen (secondary N) is 1. The lowest BCUT2D eigenvalue weighted by atomic mass is 10.1. The predicted octanol–water partition coefficient (Wildman–Crippen LogP) is 3.57. The Morgan fingerprint density at radius 2 is 2.19 bits per heavy atom. The number of hydrogen-bond acceptors (Lipinski definition) is 4. The van der Waals surface area contributed by atoms with Gasteiger partial charge >= 0.3 is 0 Å². The summed E-state index contributed by atoms with van der Waals surface area (Å²) in [4.78, 5) is 0. The van der Waals surface area contributed by atoms with E-state index in [4.69, 9.17) is 11.6 Å². The molecule has 2 N–H and O–H groups in total. The summed E-state index contributed by atoms with van der Waals surface area (Å²) in [5, 5.41) is 9.87. The van der Waals surface area contributed by atoms with Gasteiger partial charge in [0.2, 0.25) is 10.0 Å². The Bertz CT molecular complexity index is 567. The van der Waals surface area contributed by atoms with Crippen LogP contribution in [-0.4, -0.2) is 26.2 Å². The lowest BCUT2D eigenvalue weighted by Crippen LogP contribution is -2.30. The van der Waals surface area contributed by atoms with E-state index in [0.717, 1.165) is 42.6 Å². The summed E-state index contributed by atoms with van der Waals surface area (Å²) in [5.41, 5.74) is 1.08. The maximum Gasteiger partial charge on any atom is 0.250 e. The highest BCUT2D eigenvalue weighted by Gasteiger charge is 2.17. The maximum absolute atomic E-state index is 12.0. The van der Waals surface area contributed by atoms with Crippen LogP contribution in [0.3, 0.4) is 0 Å². The van der Waals surface area contributed by atoms with E-state index in [-0.39, 0.29) is 10.8 Å². The molecule has 0 unspecified atom stereocenters. The van der Waals surface area contributed by atoms with Crippen molar-refractivity contribution in [2.24, 2.45) is 0 Å². The van der Waals surface area contributed by atoms with E-state index >= 15 is 0 Å². The molecule has 0 bridgehead atoms. The van der Waals surface area contributed by atoms with Crippen molar-refractivity contribution in [3.8, 4) is 0 Å². The number of rotatable bonds is 9. The first-order valence-corrected chi connectivity index (χ1v) is 9.63. The summed E-state index contributed by atoms with van der Waals surface area (Å²) in [7, 11) is -3.60. The summed E-state index contributed by atoms with van der Waals surface area (Å²) in [6.45, 7) is 4.05. The summed E-state index contributed by atoms with van der Waals surface area (Å²) in [5.74, 6) is 0. The van der Waals surface area contributed by atoms with Crippen molar-refractivity contribution in [1.82, 2.24) is 4.72 Å². The van der Waals surface area contributed by atoms with Crippen molar-refractivity contribution >= 4 is 33.0 Å². The van der Waals surface area contributed by atoms with Crippen molar-refractivity contribution in [1.29, 1.82) is 0 Å². The van der Waals surface area contributed by atoms with Gasteiger partial charge in [-0.15, -0.1) is 11.3 Å². The van der Waals surface area contributed by atoms with Crippen LogP contribution >= 0.6 is 22.9 Å². The molecule has 7 heteroatoms. The van der Waals surface area contributed by atoms with Gasteiger partial charge in [0.25, 0.3) is 0 Å². The van der Waals surface area contributed by atoms with Crippen LogP contribution in [0.25, 0.3) is 0 Å². The molecule has 1 aromatic rings. The number of allylic oxidation sites excluding steroid dienone is 1. The van der Waals surface area contributed by atoms with Crippen molar-refractivity contribution in [3.05, 3.63) is 28.1 Å². The van der Waals surface area contributed by atoms with E-state index in [2.05, 4.69) is 11.6 Å². The fraction of sp³-hybridized carbons (Fsp3) is 0.571. The largest absolute Gasteiger partial charge is 0.388 e. The SMILES string of the molecule is CCCCCC(C)=C[C@@H](O)CNS(=O)(=O)c1ccc(Cl)s1. The summed E-state index contributed by atoms with van der Waals surface area (Å²) in [6.07, 6.45) is 5.21. The smallest absolute Gasteiger partial charge is 0.250 e. The van der Waals surface area contributed by atoms with Crippen LogP contribution in [0.4, 0.5) is 0 Å². The fourth-order valence-corrected chi connectivity index (χ4v) is 4.41. The molecule has 0 saturated heterocycles. The molecule has 0 saturated carbocycles. The normalized spacial score (nSPS) is 14.4. The number of aliphatic hydroxyl groups is 1. The number of aliphatic hydroxyl groups excluding tert-OH is 1. The molecule has 120 valence electrons. The molecule has 21 heavy (non-hydrogen) atoms. The van der Waals surface area contributed by atoms with E-state index in [0.29, 0.717) is 4.34 Å². The highest BCUT2D eigenvalue weighted by Crippen LogP contribution is 2.25. The standard InChI is InChI=1S/C14H22ClNO3S2/c1-3-4-5-6-11(2)9-12(17)10-16-21(18,19)14-8-7-13(15)20-14/h7-9,12,16-17H,3-6,10H2,1-2H3/t12-/m1/s1. The third-order valence-corrected chi connectivity index (χ3v) is 6.09. The predicted molar refractivity (Wildman–Crippen MR) is 88.4 cm³/mol. The van der Waals surface area contributed by atoms with Crippen LogP contribution in [0.15, 0.2) is 28.0 Å². The second-order valence-electron chi connectivity index (χ2n) is 4.95. The Labute approximate surface area is 135 Å². The molecule has 0 aromatic carbocycles. The summed E-state index contributed by atoms with van der Waals surface area (Å²) in [6, 6.07) is 2.99. The van der Waals surface area contributed by atoms with E-state index in [1.807, 2.05) is 6.92 Å². The molecular weight excluding hydrogens is 330 g/mol. The summed E-state index contributed by atoms with van der Waals surface area (Å²) >= 11 is 6.72. The zero-order valence-electron chi connectivity index (χ0n) is 12.3. The highest BCUT2D eigenvalue weighted by atomic mass is 35.5. The lowest BCUT2D eigenvalue weighted by molar-refractivity contribution is 0.225. The van der Waals surface area contributed by atoms with Crippen molar-refractivity contribution in [2.75, 3.05) is 6.54 Å². The zero-order valence-corrected chi connectivity index (χ0v) is 14.7. The zero-order chi connectivity index (χ0) is 15.9. The van der Waals surface area contributed by atoms with Gasteiger partial charge < -0.3 is 5.11 Å². The van der Waals surface area contributed by atoms with Crippen molar-refractivity contribution < 1.29 is 13.5 Å². The van der Waals surface area contributed by atoms with Gasteiger partial charge in [-0.3, -0.25) is 0 Å². The Kier molecular flexibility index (Phi) is 7.90. The fourth-order valence-electron chi connectivity index (χ4n) is 1.83. The Hall–Kier alpha value is -0.400.